The Morgan fingerprint density at radius 2 is 1.60 bits per heavy atom. The third-order valence-electron chi connectivity index (χ3n) is 4.91. The van der Waals surface area contributed by atoms with Crippen molar-refractivity contribution in [2.75, 3.05) is 5.32 Å². The van der Waals surface area contributed by atoms with Crippen molar-refractivity contribution in [3.8, 4) is 11.1 Å². The van der Waals surface area contributed by atoms with Crippen LogP contribution in [0.25, 0.3) is 21.9 Å². The number of rotatable bonds is 6. The fourth-order valence-corrected chi connectivity index (χ4v) is 3.32. The number of amides is 1. The predicted octanol–water partition coefficient (Wildman–Crippen LogP) is 4.80. The summed E-state index contributed by atoms with van der Waals surface area (Å²) in [5, 5.41) is 4.92. The van der Waals surface area contributed by atoms with Gasteiger partial charge in [0.2, 0.25) is 11.5 Å². The summed E-state index contributed by atoms with van der Waals surface area (Å²) in [5.74, 6) is -0.277. The molecule has 1 aromatic heterocycles. The van der Waals surface area contributed by atoms with Gasteiger partial charge in [-0.05, 0) is 46.2 Å². The molecule has 0 aliphatic heterocycles. The quantitative estimate of drug-likeness (QED) is 0.460. The van der Waals surface area contributed by atoms with Crippen molar-refractivity contribution in [1.29, 1.82) is 0 Å². The van der Waals surface area contributed by atoms with Crippen LogP contribution in [0, 0.1) is 0 Å². The molecule has 1 heterocycles. The molecule has 0 aliphatic carbocycles. The van der Waals surface area contributed by atoms with E-state index in [-0.39, 0.29) is 30.1 Å². The molecule has 5 nitrogen and oxygen atoms in total. The molecule has 0 bridgehead atoms. The van der Waals surface area contributed by atoms with Crippen molar-refractivity contribution in [2.45, 2.75) is 12.8 Å². The van der Waals surface area contributed by atoms with Gasteiger partial charge in [0.15, 0.2) is 5.78 Å². The Hall–Kier alpha value is -3.99. The number of hydrogen-bond donors (Lipinski definition) is 2. The van der Waals surface area contributed by atoms with E-state index in [0.717, 1.165) is 21.9 Å². The van der Waals surface area contributed by atoms with Gasteiger partial charge in [-0.1, -0.05) is 48.5 Å². The molecule has 0 aliphatic rings. The van der Waals surface area contributed by atoms with Gasteiger partial charge in [-0.15, -0.1) is 0 Å². The Kier molecular flexibility index (Phi) is 5.52. The number of anilines is 1. The van der Waals surface area contributed by atoms with Crippen molar-refractivity contribution >= 4 is 28.2 Å². The Bertz CT molecular complexity index is 1270. The van der Waals surface area contributed by atoms with E-state index in [1.807, 2.05) is 54.6 Å². The maximum absolute atomic E-state index is 12.5. The molecular weight excluding hydrogens is 376 g/mol. The zero-order valence-corrected chi connectivity index (χ0v) is 16.2. The number of carbonyl (C=O) groups is 2. The Balaban J connectivity index is 1.38. The highest BCUT2D eigenvalue weighted by Gasteiger charge is 2.11. The molecule has 0 saturated carbocycles. The van der Waals surface area contributed by atoms with E-state index < -0.39 is 0 Å². The average Bonchev–Trinajstić information content (AvgIpc) is 2.78. The number of H-pyrrole nitrogens is 1. The molecule has 30 heavy (non-hydrogen) atoms. The summed E-state index contributed by atoms with van der Waals surface area (Å²) in [4.78, 5) is 38.7. The Labute approximate surface area is 173 Å². The summed E-state index contributed by atoms with van der Waals surface area (Å²) in [7, 11) is 0. The van der Waals surface area contributed by atoms with E-state index in [1.165, 1.54) is 6.07 Å². The second-order valence-electron chi connectivity index (χ2n) is 7.06. The number of aromatic nitrogens is 1. The van der Waals surface area contributed by atoms with E-state index in [4.69, 9.17) is 0 Å². The second-order valence-corrected chi connectivity index (χ2v) is 7.06. The zero-order valence-electron chi connectivity index (χ0n) is 16.2. The van der Waals surface area contributed by atoms with Crippen LogP contribution in [0.2, 0.25) is 0 Å². The van der Waals surface area contributed by atoms with E-state index in [2.05, 4.69) is 10.3 Å². The number of Topliss-reactive ketones (excluding diaryl/α,β-unsaturated/α-hetero) is 1. The van der Waals surface area contributed by atoms with E-state index in [9.17, 15) is 14.4 Å². The summed E-state index contributed by atoms with van der Waals surface area (Å²) < 4.78 is 0. The number of hydrogen-bond acceptors (Lipinski definition) is 3. The standard InChI is InChI=1S/C25H20N2O3/c28-23(20-9-8-17-4-1-2-5-18(17)14-20)11-13-25(30)27-22-7-3-6-19(15-22)21-10-12-24(29)26-16-21/h1-10,12,14-16H,11,13H2,(H,26,29)(H,27,30). The van der Waals surface area contributed by atoms with Crippen molar-refractivity contribution in [2.24, 2.45) is 0 Å². The number of carbonyl (C=O) groups excluding carboxylic acids is 2. The average molecular weight is 396 g/mol. The molecule has 0 saturated heterocycles. The summed E-state index contributed by atoms with van der Waals surface area (Å²) in [6.07, 6.45) is 1.88. The topological polar surface area (TPSA) is 79.0 Å². The number of aromatic amines is 1. The van der Waals surface area contributed by atoms with Gasteiger partial charge in [-0.2, -0.15) is 0 Å². The smallest absolute Gasteiger partial charge is 0.247 e. The Morgan fingerprint density at radius 3 is 2.40 bits per heavy atom. The molecule has 5 heteroatoms. The van der Waals surface area contributed by atoms with Crippen molar-refractivity contribution in [3.63, 3.8) is 0 Å². The number of nitrogens with one attached hydrogen (secondary N) is 2. The molecule has 148 valence electrons. The van der Waals surface area contributed by atoms with Gasteiger partial charge in [0.05, 0.1) is 0 Å². The first-order valence-electron chi connectivity index (χ1n) is 9.69. The molecule has 4 aromatic rings. The maximum Gasteiger partial charge on any atom is 0.247 e. The highest BCUT2D eigenvalue weighted by molar-refractivity contribution is 6.02. The maximum atomic E-state index is 12.5. The van der Waals surface area contributed by atoms with Crippen LogP contribution in [-0.2, 0) is 4.79 Å². The first kappa shape index (κ1) is 19.3. The first-order valence-corrected chi connectivity index (χ1v) is 9.69. The van der Waals surface area contributed by atoms with Crippen molar-refractivity contribution in [3.05, 3.63) is 101 Å². The van der Waals surface area contributed by atoms with Crippen LogP contribution in [0.5, 0.6) is 0 Å². The number of pyridine rings is 1. The normalized spacial score (nSPS) is 10.7. The zero-order chi connectivity index (χ0) is 20.9. The van der Waals surface area contributed by atoms with Gasteiger partial charge in [0, 0.05) is 36.4 Å². The largest absolute Gasteiger partial charge is 0.328 e. The summed E-state index contributed by atoms with van der Waals surface area (Å²) in [6.45, 7) is 0. The van der Waals surface area contributed by atoms with Crippen LogP contribution in [0.3, 0.4) is 0 Å². The number of fused-ring (bicyclic) bond motifs is 1. The molecule has 0 fully saturated rings. The van der Waals surface area contributed by atoms with E-state index >= 15 is 0 Å². The Morgan fingerprint density at radius 1 is 0.767 bits per heavy atom. The fourth-order valence-electron chi connectivity index (χ4n) is 3.32. The lowest BCUT2D eigenvalue weighted by Gasteiger charge is -2.08. The van der Waals surface area contributed by atoms with Gasteiger partial charge < -0.3 is 10.3 Å². The monoisotopic (exact) mass is 396 g/mol. The fraction of sp³-hybridized carbons (Fsp3) is 0.0800. The lowest BCUT2D eigenvalue weighted by atomic mass is 10.0. The van der Waals surface area contributed by atoms with Crippen LogP contribution >= 0.6 is 0 Å². The van der Waals surface area contributed by atoms with Gasteiger partial charge in [-0.25, -0.2) is 0 Å². The highest BCUT2D eigenvalue weighted by atomic mass is 16.2. The lowest BCUT2D eigenvalue weighted by Crippen LogP contribution is -2.13. The molecule has 1 amide bonds. The summed E-state index contributed by atoms with van der Waals surface area (Å²) in [5.41, 5.74) is 2.80. The molecule has 4 rings (SSSR count). The van der Waals surface area contributed by atoms with Gasteiger partial charge in [0.1, 0.15) is 0 Å². The predicted molar refractivity (Wildman–Crippen MR) is 119 cm³/mol. The van der Waals surface area contributed by atoms with Crippen molar-refractivity contribution in [1.82, 2.24) is 4.98 Å². The van der Waals surface area contributed by atoms with Gasteiger partial charge >= 0.3 is 0 Å². The van der Waals surface area contributed by atoms with E-state index in [0.29, 0.717) is 11.3 Å². The molecule has 2 N–H and O–H groups in total. The van der Waals surface area contributed by atoms with E-state index in [1.54, 1.807) is 24.4 Å². The molecule has 0 spiro atoms. The number of ketones is 1. The minimum absolute atomic E-state index is 0.0575. The highest BCUT2D eigenvalue weighted by Crippen LogP contribution is 2.22. The number of benzene rings is 3. The van der Waals surface area contributed by atoms with Gasteiger partial charge in [-0.3, -0.25) is 14.4 Å². The molecule has 0 radical (unpaired) electrons. The molecule has 0 atom stereocenters. The van der Waals surface area contributed by atoms with Crippen LogP contribution in [0.15, 0.2) is 89.9 Å². The summed E-state index contributed by atoms with van der Waals surface area (Å²) >= 11 is 0. The SMILES string of the molecule is O=C(CCC(=O)c1ccc2ccccc2c1)Nc1cccc(-c2ccc(=O)[nH]c2)c1. The molecule has 3 aromatic carbocycles. The minimum Gasteiger partial charge on any atom is -0.328 e. The van der Waals surface area contributed by atoms with Crippen LogP contribution in [0.1, 0.15) is 23.2 Å². The van der Waals surface area contributed by atoms with Crippen LogP contribution in [0.4, 0.5) is 5.69 Å². The third kappa shape index (κ3) is 4.52. The third-order valence-corrected chi connectivity index (χ3v) is 4.91. The van der Waals surface area contributed by atoms with Crippen LogP contribution in [-0.4, -0.2) is 16.7 Å². The molecule has 0 unspecified atom stereocenters. The van der Waals surface area contributed by atoms with Crippen molar-refractivity contribution < 1.29 is 9.59 Å². The minimum atomic E-state index is -0.220. The van der Waals surface area contributed by atoms with Crippen LogP contribution < -0.4 is 10.9 Å². The van der Waals surface area contributed by atoms with Gasteiger partial charge in [0.25, 0.3) is 0 Å². The second kappa shape index (κ2) is 8.57. The first-order chi connectivity index (χ1) is 14.6. The molecular formula is C25H20N2O3. The summed E-state index contributed by atoms with van der Waals surface area (Å²) in [6, 6.07) is 24.0. The lowest BCUT2D eigenvalue weighted by molar-refractivity contribution is -0.116.